The lowest BCUT2D eigenvalue weighted by atomic mass is 10.1. The van der Waals surface area contributed by atoms with Crippen molar-refractivity contribution >= 4 is 29.0 Å². The third-order valence-electron chi connectivity index (χ3n) is 3.68. The monoisotopic (exact) mass is 351 g/mol. The van der Waals surface area contributed by atoms with Crippen molar-refractivity contribution in [2.75, 3.05) is 11.9 Å². The molecule has 1 heterocycles. The molecule has 3 rings (SSSR count). The average molecular weight is 352 g/mol. The number of benzene rings is 2. The van der Waals surface area contributed by atoms with Crippen molar-refractivity contribution in [1.29, 1.82) is 0 Å². The van der Waals surface area contributed by atoms with Crippen molar-refractivity contribution in [3.05, 3.63) is 89.1 Å². The van der Waals surface area contributed by atoms with Gasteiger partial charge in [-0.3, -0.25) is 4.79 Å². The normalized spacial score (nSPS) is 10.3. The van der Waals surface area contributed by atoms with Gasteiger partial charge in [-0.15, -0.1) is 0 Å². The molecule has 0 spiro atoms. The Morgan fingerprint density at radius 3 is 2.64 bits per heavy atom. The van der Waals surface area contributed by atoms with Crippen LogP contribution in [0.15, 0.2) is 72.9 Å². The first-order valence-corrected chi connectivity index (χ1v) is 8.40. The summed E-state index contributed by atoms with van der Waals surface area (Å²) in [7, 11) is 0. The summed E-state index contributed by atoms with van der Waals surface area (Å²) in [5, 5.41) is 6.71. The number of rotatable bonds is 6. The summed E-state index contributed by atoms with van der Waals surface area (Å²) in [4.78, 5) is 16.8. The van der Waals surface area contributed by atoms with Crippen LogP contribution in [0, 0.1) is 0 Å². The van der Waals surface area contributed by atoms with Gasteiger partial charge in [0.1, 0.15) is 5.82 Å². The highest BCUT2D eigenvalue weighted by Crippen LogP contribution is 2.21. The van der Waals surface area contributed by atoms with Crippen molar-refractivity contribution in [1.82, 2.24) is 10.3 Å². The van der Waals surface area contributed by atoms with Crippen LogP contribution in [0.2, 0.25) is 5.02 Å². The van der Waals surface area contributed by atoms with E-state index >= 15 is 0 Å². The van der Waals surface area contributed by atoms with Gasteiger partial charge in [0, 0.05) is 23.5 Å². The standard InChI is InChI=1S/C20H18ClN3O/c21-16-8-4-9-17(14-16)24-19-18(10-5-12-22-19)20(25)23-13-11-15-6-2-1-3-7-15/h1-10,12,14H,11,13H2,(H,22,24)(H,23,25). The third-order valence-corrected chi connectivity index (χ3v) is 3.92. The van der Waals surface area contributed by atoms with Crippen LogP contribution >= 0.6 is 11.6 Å². The van der Waals surface area contributed by atoms with Gasteiger partial charge in [-0.2, -0.15) is 0 Å². The number of pyridine rings is 1. The Balaban J connectivity index is 1.66. The topological polar surface area (TPSA) is 54.0 Å². The van der Waals surface area contributed by atoms with E-state index in [4.69, 9.17) is 11.6 Å². The van der Waals surface area contributed by atoms with Gasteiger partial charge in [0.05, 0.1) is 5.56 Å². The van der Waals surface area contributed by atoms with Crippen LogP contribution in [0.3, 0.4) is 0 Å². The number of halogens is 1. The van der Waals surface area contributed by atoms with Crippen LogP contribution in [-0.4, -0.2) is 17.4 Å². The molecule has 0 unspecified atom stereocenters. The number of carbonyl (C=O) groups is 1. The first-order chi connectivity index (χ1) is 12.2. The van der Waals surface area contributed by atoms with E-state index in [0.717, 1.165) is 12.1 Å². The first kappa shape index (κ1) is 17.0. The number of hydrogen-bond donors (Lipinski definition) is 2. The summed E-state index contributed by atoms with van der Waals surface area (Å²) >= 11 is 6.00. The Morgan fingerprint density at radius 1 is 1.00 bits per heavy atom. The molecule has 4 nitrogen and oxygen atoms in total. The van der Waals surface area contributed by atoms with Crippen molar-refractivity contribution in [2.45, 2.75) is 6.42 Å². The second-order valence-electron chi connectivity index (χ2n) is 5.53. The van der Waals surface area contributed by atoms with Crippen LogP contribution in [0.1, 0.15) is 15.9 Å². The molecular weight excluding hydrogens is 334 g/mol. The van der Waals surface area contributed by atoms with Crippen molar-refractivity contribution < 1.29 is 4.79 Å². The summed E-state index contributed by atoms with van der Waals surface area (Å²) in [6, 6.07) is 20.8. The lowest BCUT2D eigenvalue weighted by Gasteiger charge is -2.11. The number of aromatic nitrogens is 1. The SMILES string of the molecule is O=C(NCCc1ccccc1)c1cccnc1Nc1cccc(Cl)c1. The minimum Gasteiger partial charge on any atom is -0.352 e. The lowest BCUT2D eigenvalue weighted by molar-refractivity contribution is 0.0954. The van der Waals surface area contributed by atoms with Crippen LogP contribution in [0.5, 0.6) is 0 Å². The molecule has 1 aromatic heterocycles. The van der Waals surface area contributed by atoms with Gasteiger partial charge in [0.25, 0.3) is 5.91 Å². The number of hydrogen-bond acceptors (Lipinski definition) is 3. The predicted molar refractivity (Wildman–Crippen MR) is 101 cm³/mol. The third kappa shape index (κ3) is 4.81. The maximum Gasteiger partial charge on any atom is 0.255 e. The zero-order valence-electron chi connectivity index (χ0n) is 13.6. The molecule has 0 bridgehead atoms. The summed E-state index contributed by atoms with van der Waals surface area (Å²) in [6.07, 6.45) is 2.43. The summed E-state index contributed by atoms with van der Waals surface area (Å²) in [5.74, 6) is 0.343. The fraction of sp³-hybridized carbons (Fsp3) is 0.100. The van der Waals surface area contributed by atoms with Crippen molar-refractivity contribution in [2.24, 2.45) is 0 Å². The van der Waals surface area contributed by atoms with Gasteiger partial charge in [-0.1, -0.05) is 48.0 Å². The number of nitrogens with zero attached hydrogens (tertiary/aromatic N) is 1. The molecule has 2 aromatic carbocycles. The Morgan fingerprint density at radius 2 is 1.84 bits per heavy atom. The van der Waals surface area contributed by atoms with E-state index in [1.165, 1.54) is 5.56 Å². The highest BCUT2D eigenvalue weighted by molar-refractivity contribution is 6.30. The van der Waals surface area contributed by atoms with E-state index in [1.807, 2.05) is 42.5 Å². The van der Waals surface area contributed by atoms with Crippen LogP contribution < -0.4 is 10.6 Å². The molecule has 126 valence electrons. The largest absolute Gasteiger partial charge is 0.352 e. The second-order valence-corrected chi connectivity index (χ2v) is 5.96. The number of anilines is 2. The first-order valence-electron chi connectivity index (χ1n) is 8.02. The number of nitrogens with one attached hydrogen (secondary N) is 2. The molecule has 0 radical (unpaired) electrons. The zero-order valence-corrected chi connectivity index (χ0v) is 14.3. The molecule has 3 aromatic rings. The van der Waals surface area contributed by atoms with Crippen LogP contribution in [0.25, 0.3) is 0 Å². The quantitative estimate of drug-likeness (QED) is 0.689. The van der Waals surface area contributed by atoms with E-state index < -0.39 is 0 Å². The average Bonchev–Trinajstić information content (AvgIpc) is 2.63. The van der Waals surface area contributed by atoms with Gasteiger partial charge in [-0.25, -0.2) is 4.98 Å². The van der Waals surface area contributed by atoms with Gasteiger partial charge in [0.15, 0.2) is 0 Å². The zero-order chi connectivity index (χ0) is 17.5. The summed E-state index contributed by atoms with van der Waals surface area (Å²) < 4.78 is 0. The summed E-state index contributed by atoms with van der Waals surface area (Å²) in [6.45, 7) is 0.564. The molecule has 25 heavy (non-hydrogen) atoms. The van der Waals surface area contributed by atoms with E-state index in [1.54, 1.807) is 30.5 Å². The molecular formula is C20H18ClN3O. The van der Waals surface area contributed by atoms with Crippen molar-refractivity contribution in [3.63, 3.8) is 0 Å². The fourth-order valence-electron chi connectivity index (χ4n) is 2.45. The molecule has 5 heteroatoms. The molecule has 0 saturated heterocycles. The molecule has 0 aliphatic carbocycles. The molecule has 0 aliphatic heterocycles. The Bertz CT molecular complexity index is 852. The smallest absolute Gasteiger partial charge is 0.255 e. The van der Waals surface area contributed by atoms with Gasteiger partial charge in [0.2, 0.25) is 0 Å². The minimum atomic E-state index is -0.159. The highest BCUT2D eigenvalue weighted by Gasteiger charge is 2.12. The Labute approximate surface area is 151 Å². The van der Waals surface area contributed by atoms with Crippen molar-refractivity contribution in [3.8, 4) is 0 Å². The summed E-state index contributed by atoms with van der Waals surface area (Å²) in [5.41, 5.74) is 2.46. The van der Waals surface area contributed by atoms with E-state index in [2.05, 4.69) is 15.6 Å². The molecule has 0 saturated carbocycles. The molecule has 2 N–H and O–H groups in total. The van der Waals surface area contributed by atoms with Crippen LogP contribution in [-0.2, 0) is 6.42 Å². The maximum atomic E-state index is 12.5. The fourth-order valence-corrected chi connectivity index (χ4v) is 2.64. The molecule has 0 fully saturated rings. The Kier molecular flexibility index (Phi) is 5.65. The minimum absolute atomic E-state index is 0.159. The van der Waals surface area contributed by atoms with E-state index in [9.17, 15) is 4.79 Å². The molecule has 0 aliphatic rings. The second kappa shape index (κ2) is 8.31. The predicted octanol–water partition coefficient (Wildman–Crippen LogP) is 4.45. The maximum absolute atomic E-state index is 12.5. The Hall–Kier alpha value is -2.85. The molecule has 1 amide bonds. The van der Waals surface area contributed by atoms with Gasteiger partial charge >= 0.3 is 0 Å². The number of amides is 1. The van der Waals surface area contributed by atoms with Gasteiger partial charge in [-0.05, 0) is 42.3 Å². The molecule has 0 atom stereocenters. The number of carbonyl (C=O) groups excluding carboxylic acids is 1. The van der Waals surface area contributed by atoms with Crippen LogP contribution in [0.4, 0.5) is 11.5 Å². The highest BCUT2D eigenvalue weighted by atomic mass is 35.5. The van der Waals surface area contributed by atoms with Gasteiger partial charge < -0.3 is 10.6 Å². The van der Waals surface area contributed by atoms with E-state index in [0.29, 0.717) is 22.9 Å². The lowest BCUT2D eigenvalue weighted by Crippen LogP contribution is -2.26. The van der Waals surface area contributed by atoms with E-state index in [-0.39, 0.29) is 5.91 Å².